The Kier molecular flexibility index (Phi) is 6.50. The van der Waals surface area contributed by atoms with Gasteiger partial charge in [0.2, 0.25) is 6.79 Å². The van der Waals surface area contributed by atoms with Crippen LogP contribution in [0, 0.1) is 0 Å². The molecule has 1 N–H and O–H groups in total. The van der Waals surface area contributed by atoms with E-state index in [9.17, 15) is 9.90 Å². The Morgan fingerprint density at radius 2 is 1.69 bits per heavy atom. The highest BCUT2D eigenvalue weighted by Crippen LogP contribution is 2.40. The van der Waals surface area contributed by atoms with Crippen molar-refractivity contribution in [1.29, 1.82) is 0 Å². The minimum atomic E-state index is -1.04. The molecule has 5 aromatic rings. The predicted molar refractivity (Wildman–Crippen MR) is 148 cm³/mol. The van der Waals surface area contributed by atoms with Crippen molar-refractivity contribution in [1.82, 2.24) is 4.57 Å². The van der Waals surface area contributed by atoms with Crippen molar-refractivity contribution < 1.29 is 28.8 Å². The molecule has 0 radical (unpaired) electrons. The monoisotopic (exact) mass is 541 g/mol. The molecule has 0 atom stereocenters. The van der Waals surface area contributed by atoms with E-state index in [2.05, 4.69) is 0 Å². The fourth-order valence-corrected chi connectivity index (χ4v) is 5.15. The van der Waals surface area contributed by atoms with Crippen LogP contribution in [0.3, 0.4) is 0 Å². The quantitative estimate of drug-likeness (QED) is 0.227. The average Bonchev–Trinajstić information content (AvgIpc) is 3.54. The van der Waals surface area contributed by atoms with Crippen molar-refractivity contribution in [2.45, 2.75) is 13.2 Å². The number of hydrogen-bond acceptors (Lipinski definition) is 5. The van der Waals surface area contributed by atoms with Crippen molar-refractivity contribution in [3.8, 4) is 34.1 Å². The van der Waals surface area contributed by atoms with Gasteiger partial charge in [0.1, 0.15) is 23.8 Å². The first-order valence-corrected chi connectivity index (χ1v) is 12.7. The number of carbonyl (C=O) groups is 1. The molecule has 0 saturated heterocycles. The molecule has 0 bridgehead atoms. The number of ether oxygens (including phenoxy) is 4. The van der Waals surface area contributed by atoms with Crippen molar-refractivity contribution in [2.75, 3.05) is 13.9 Å². The van der Waals surface area contributed by atoms with Gasteiger partial charge in [-0.1, -0.05) is 60.1 Å². The zero-order valence-electron chi connectivity index (χ0n) is 21.0. The third-order valence-electron chi connectivity index (χ3n) is 6.76. The number of halogens is 1. The smallest absolute Gasteiger partial charge is 0.353 e. The van der Waals surface area contributed by atoms with E-state index in [0.717, 1.165) is 33.3 Å². The summed E-state index contributed by atoms with van der Waals surface area (Å²) in [5, 5.41) is 11.7. The molecule has 4 aromatic carbocycles. The van der Waals surface area contributed by atoms with E-state index >= 15 is 0 Å². The van der Waals surface area contributed by atoms with Crippen LogP contribution >= 0.6 is 11.6 Å². The van der Waals surface area contributed by atoms with Gasteiger partial charge in [0.25, 0.3) is 0 Å². The molecule has 2 heterocycles. The highest BCUT2D eigenvalue weighted by molar-refractivity contribution is 6.31. The van der Waals surface area contributed by atoms with Crippen LogP contribution in [-0.4, -0.2) is 29.5 Å². The maximum absolute atomic E-state index is 12.8. The number of rotatable bonds is 8. The second-order valence-electron chi connectivity index (χ2n) is 9.06. The molecule has 0 fully saturated rings. The summed E-state index contributed by atoms with van der Waals surface area (Å²) in [6.07, 6.45) is 0. The third-order valence-corrected chi connectivity index (χ3v) is 7.11. The largest absolute Gasteiger partial charge is 0.496 e. The summed E-state index contributed by atoms with van der Waals surface area (Å²) in [5.41, 5.74) is 3.92. The number of methoxy groups -OCH3 is 1. The van der Waals surface area contributed by atoms with Crippen LogP contribution in [0.15, 0.2) is 84.9 Å². The maximum Gasteiger partial charge on any atom is 0.353 e. The number of carboxylic acids is 1. The number of fused-ring (bicyclic) bond motifs is 2. The van der Waals surface area contributed by atoms with Crippen LogP contribution in [0.5, 0.6) is 23.0 Å². The van der Waals surface area contributed by atoms with Crippen LogP contribution in [0.4, 0.5) is 0 Å². The maximum atomic E-state index is 12.8. The fraction of sp³-hybridized carbons (Fsp3) is 0.129. The van der Waals surface area contributed by atoms with E-state index in [4.69, 9.17) is 30.5 Å². The van der Waals surface area contributed by atoms with Gasteiger partial charge in [-0.2, -0.15) is 0 Å². The van der Waals surface area contributed by atoms with Crippen LogP contribution < -0.4 is 18.9 Å². The second-order valence-corrected chi connectivity index (χ2v) is 9.46. The third kappa shape index (κ3) is 4.62. The Hall–Kier alpha value is -4.62. The topological polar surface area (TPSA) is 79.2 Å². The standard InChI is InChI=1S/C31H24ClNO6/c1-36-26-10-6-5-9-20(26)17-37-22-11-12-25-23(14-22)29(19-7-3-2-4-8-19)30(31(34)35)33(25)16-21-13-27-28(15-24(21)32)39-18-38-27/h2-15H,16-18H2,1H3,(H,34,35). The number of aromatic carboxylic acids is 1. The Morgan fingerprint density at radius 1 is 0.949 bits per heavy atom. The summed E-state index contributed by atoms with van der Waals surface area (Å²) < 4.78 is 24.3. The van der Waals surface area contributed by atoms with E-state index < -0.39 is 5.97 Å². The fourth-order valence-electron chi connectivity index (χ4n) is 4.94. The molecule has 1 aromatic heterocycles. The Bertz CT molecular complexity index is 1700. The molecule has 1 aliphatic heterocycles. The normalized spacial score (nSPS) is 12.1. The summed E-state index contributed by atoms with van der Waals surface area (Å²) in [6, 6.07) is 26.3. The number of hydrogen-bond donors (Lipinski definition) is 1. The molecule has 7 nitrogen and oxygen atoms in total. The van der Waals surface area contributed by atoms with Gasteiger partial charge in [0.05, 0.1) is 13.7 Å². The van der Waals surface area contributed by atoms with E-state index in [1.807, 2.05) is 72.8 Å². The Balaban J connectivity index is 1.47. The number of aromatic nitrogens is 1. The minimum Gasteiger partial charge on any atom is -0.496 e. The molecular weight excluding hydrogens is 518 g/mol. The van der Waals surface area contributed by atoms with Crippen LogP contribution in [0.25, 0.3) is 22.0 Å². The van der Waals surface area contributed by atoms with Gasteiger partial charge in [-0.25, -0.2) is 4.79 Å². The van der Waals surface area contributed by atoms with Crippen molar-refractivity contribution in [3.05, 3.63) is 107 Å². The summed E-state index contributed by atoms with van der Waals surface area (Å²) >= 11 is 6.59. The highest BCUT2D eigenvalue weighted by Gasteiger charge is 2.26. The van der Waals surface area contributed by atoms with Gasteiger partial charge in [-0.15, -0.1) is 0 Å². The molecule has 8 heteroatoms. The van der Waals surface area contributed by atoms with E-state index in [0.29, 0.717) is 34.4 Å². The van der Waals surface area contributed by atoms with Gasteiger partial charge >= 0.3 is 5.97 Å². The lowest BCUT2D eigenvalue weighted by Crippen LogP contribution is -2.11. The van der Waals surface area contributed by atoms with Crippen LogP contribution in [0.2, 0.25) is 5.02 Å². The highest BCUT2D eigenvalue weighted by atomic mass is 35.5. The zero-order chi connectivity index (χ0) is 26.9. The number of para-hydroxylation sites is 1. The summed E-state index contributed by atoms with van der Waals surface area (Å²) in [7, 11) is 1.62. The first kappa shape index (κ1) is 24.7. The number of benzene rings is 4. The summed E-state index contributed by atoms with van der Waals surface area (Å²) in [4.78, 5) is 12.8. The molecule has 0 amide bonds. The first-order valence-electron chi connectivity index (χ1n) is 12.3. The molecular formula is C31H24ClNO6. The molecule has 0 aliphatic carbocycles. The lowest BCUT2D eigenvalue weighted by molar-refractivity contribution is 0.0687. The molecule has 196 valence electrons. The molecule has 6 rings (SSSR count). The molecule has 1 aliphatic rings. The van der Waals surface area contributed by atoms with Crippen LogP contribution in [0.1, 0.15) is 21.6 Å². The lowest BCUT2D eigenvalue weighted by Gasteiger charge is -2.12. The van der Waals surface area contributed by atoms with Gasteiger partial charge in [-0.05, 0) is 41.5 Å². The lowest BCUT2D eigenvalue weighted by atomic mass is 10.0. The Labute approximate surface area is 229 Å². The summed E-state index contributed by atoms with van der Waals surface area (Å²) in [6.45, 7) is 0.648. The molecule has 0 spiro atoms. The average molecular weight is 542 g/mol. The van der Waals surface area contributed by atoms with Gasteiger partial charge < -0.3 is 28.6 Å². The minimum absolute atomic E-state index is 0.123. The zero-order valence-corrected chi connectivity index (χ0v) is 21.8. The second kappa shape index (κ2) is 10.3. The predicted octanol–water partition coefficient (Wildman–Crippen LogP) is 7.02. The number of nitrogens with zero attached hydrogens (tertiary/aromatic N) is 1. The molecule has 0 saturated carbocycles. The Morgan fingerprint density at radius 3 is 2.46 bits per heavy atom. The van der Waals surface area contributed by atoms with E-state index in [1.165, 1.54) is 0 Å². The first-order chi connectivity index (χ1) is 19.0. The number of carboxylic acid groups (broad SMARTS) is 1. The van der Waals surface area contributed by atoms with Crippen LogP contribution in [-0.2, 0) is 13.2 Å². The molecule has 0 unspecified atom stereocenters. The van der Waals surface area contributed by atoms with Gasteiger partial charge in [0, 0.05) is 33.1 Å². The van der Waals surface area contributed by atoms with E-state index in [1.54, 1.807) is 23.8 Å². The van der Waals surface area contributed by atoms with Crippen molar-refractivity contribution >= 4 is 28.5 Å². The van der Waals surface area contributed by atoms with E-state index in [-0.39, 0.29) is 19.0 Å². The van der Waals surface area contributed by atoms with Crippen molar-refractivity contribution in [3.63, 3.8) is 0 Å². The van der Waals surface area contributed by atoms with Crippen molar-refractivity contribution in [2.24, 2.45) is 0 Å². The SMILES string of the molecule is COc1ccccc1COc1ccc2c(c1)c(-c1ccccc1)c(C(=O)O)n2Cc1cc2c(cc1Cl)OCO2. The van der Waals surface area contributed by atoms with Gasteiger partial charge in [-0.3, -0.25) is 0 Å². The summed E-state index contributed by atoms with van der Waals surface area (Å²) in [5.74, 6) is 1.46. The van der Waals surface area contributed by atoms with Gasteiger partial charge in [0.15, 0.2) is 11.5 Å². The molecule has 39 heavy (non-hydrogen) atoms.